The highest BCUT2D eigenvalue weighted by Gasteiger charge is 2.17. The highest BCUT2D eigenvalue weighted by Crippen LogP contribution is 2.34. The van der Waals surface area contributed by atoms with Crippen LogP contribution in [0.3, 0.4) is 0 Å². The second-order valence-electron chi connectivity index (χ2n) is 5.48. The van der Waals surface area contributed by atoms with Crippen molar-refractivity contribution in [2.24, 2.45) is 0 Å². The maximum absolute atomic E-state index is 12.0. The van der Waals surface area contributed by atoms with Gasteiger partial charge in [-0.15, -0.1) is 0 Å². The Morgan fingerprint density at radius 3 is 2.73 bits per heavy atom. The number of carbonyl (C=O) groups is 2. The van der Waals surface area contributed by atoms with E-state index in [-0.39, 0.29) is 13.3 Å². The van der Waals surface area contributed by atoms with Crippen LogP contribution >= 0.6 is 0 Å². The van der Waals surface area contributed by atoms with Gasteiger partial charge in [0.25, 0.3) is 0 Å². The summed E-state index contributed by atoms with van der Waals surface area (Å²) in [5, 5.41) is 5.01. The molecule has 8 nitrogen and oxygen atoms in total. The maximum atomic E-state index is 12.0. The summed E-state index contributed by atoms with van der Waals surface area (Å²) < 4.78 is 21.0. The number of benzene rings is 1. The molecule has 0 radical (unpaired) electrons. The number of anilines is 1. The number of rotatable bonds is 4. The van der Waals surface area contributed by atoms with Crippen molar-refractivity contribution < 1.29 is 27.9 Å². The molecule has 132 valence electrons. The van der Waals surface area contributed by atoms with E-state index in [0.29, 0.717) is 28.7 Å². The van der Waals surface area contributed by atoms with Crippen LogP contribution in [0.4, 0.5) is 5.69 Å². The molecule has 2 aromatic heterocycles. The number of carbonyl (C=O) groups excluding carboxylic acids is 2. The van der Waals surface area contributed by atoms with E-state index in [2.05, 4.69) is 10.6 Å². The van der Waals surface area contributed by atoms with Crippen LogP contribution in [0.15, 0.2) is 57.8 Å². The van der Waals surface area contributed by atoms with E-state index in [4.69, 9.17) is 18.3 Å². The first-order chi connectivity index (χ1) is 12.7. The second kappa shape index (κ2) is 6.67. The molecule has 3 heterocycles. The highest BCUT2D eigenvalue weighted by molar-refractivity contribution is 6.39. The van der Waals surface area contributed by atoms with Gasteiger partial charge in [0.05, 0.1) is 18.4 Å². The van der Waals surface area contributed by atoms with Crippen LogP contribution in [0.25, 0.3) is 11.3 Å². The number of amides is 2. The highest BCUT2D eigenvalue weighted by atomic mass is 16.7. The van der Waals surface area contributed by atoms with Crippen molar-refractivity contribution in [3.8, 4) is 22.8 Å². The van der Waals surface area contributed by atoms with Crippen LogP contribution in [0, 0.1) is 0 Å². The van der Waals surface area contributed by atoms with Crippen molar-refractivity contribution >= 4 is 17.5 Å². The fraction of sp³-hybridized carbons (Fsp3) is 0.111. The van der Waals surface area contributed by atoms with E-state index in [1.165, 1.54) is 0 Å². The zero-order valence-corrected chi connectivity index (χ0v) is 13.5. The van der Waals surface area contributed by atoms with E-state index < -0.39 is 11.8 Å². The summed E-state index contributed by atoms with van der Waals surface area (Å²) in [5.74, 6) is 0.692. The minimum absolute atomic E-state index is 0.0885. The van der Waals surface area contributed by atoms with Crippen molar-refractivity contribution in [2.45, 2.75) is 6.54 Å². The molecule has 0 unspecified atom stereocenters. The summed E-state index contributed by atoms with van der Waals surface area (Å²) in [6.07, 6.45) is 3.10. The van der Waals surface area contributed by atoms with Gasteiger partial charge in [0.15, 0.2) is 11.5 Å². The molecule has 0 atom stereocenters. The van der Waals surface area contributed by atoms with Gasteiger partial charge in [-0.3, -0.25) is 9.59 Å². The zero-order valence-electron chi connectivity index (χ0n) is 13.5. The molecule has 0 fully saturated rings. The standard InChI is InChI=1S/C18H14N2O6/c21-17(18(22)20-12-1-3-15-16(7-12)25-10-24-15)19-8-13-2-4-14(26-13)11-5-6-23-9-11/h1-7,9H,8,10H2,(H,19,21)(H,20,22). The maximum Gasteiger partial charge on any atom is 0.313 e. The summed E-state index contributed by atoms with van der Waals surface area (Å²) in [6, 6.07) is 10.1. The van der Waals surface area contributed by atoms with Gasteiger partial charge in [-0.1, -0.05) is 0 Å². The fourth-order valence-corrected chi connectivity index (χ4v) is 2.44. The first-order valence-corrected chi connectivity index (χ1v) is 7.79. The van der Waals surface area contributed by atoms with Gasteiger partial charge in [-0.25, -0.2) is 0 Å². The third-order valence-corrected chi connectivity index (χ3v) is 3.73. The number of hydrogen-bond acceptors (Lipinski definition) is 6. The third kappa shape index (κ3) is 3.25. The minimum atomic E-state index is -0.787. The molecule has 0 aliphatic carbocycles. The average molecular weight is 354 g/mol. The SMILES string of the molecule is O=C(NCc1ccc(-c2ccoc2)o1)C(=O)Nc1ccc2c(c1)OCO2. The van der Waals surface area contributed by atoms with Crippen molar-refractivity contribution in [1.82, 2.24) is 5.32 Å². The van der Waals surface area contributed by atoms with Crippen LogP contribution in [0.5, 0.6) is 11.5 Å². The molecule has 2 N–H and O–H groups in total. The van der Waals surface area contributed by atoms with E-state index in [1.807, 2.05) is 0 Å². The molecule has 1 aliphatic heterocycles. The lowest BCUT2D eigenvalue weighted by atomic mass is 10.2. The molecule has 8 heteroatoms. The molecule has 4 rings (SSSR count). The Kier molecular flexibility index (Phi) is 4.06. The number of hydrogen-bond donors (Lipinski definition) is 2. The van der Waals surface area contributed by atoms with E-state index in [1.54, 1.807) is 48.9 Å². The average Bonchev–Trinajstić information content (AvgIpc) is 3.39. The Hall–Kier alpha value is -3.68. The molecule has 0 bridgehead atoms. The molecular formula is C18H14N2O6. The fourth-order valence-electron chi connectivity index (χ4n) is 2.44. The minimum Gasteiger partial charge on any atom is -0.472 e. The van der Waals surface area contributed by atoms with Crippen molar-refractivity contribution in [1.29, 1.82) is 0 Å². The van der Waals surface area contributed by atoms with E-state index >= 15 is 0 Å². The van der Waals surface area contributed by atoms with Crippen LogP contribution in [0.1, 0.15) is 5.76 Å². The van der Waals surface area contributed by atoms with Gasteiger partial charge in [0.2, 0.25) is 6.79 Å². The second-order valence-corrected chi connectivity index (χ2v) is 5.48. The molecule has 0 saturated carbocycles. The number of ether oxygens (including phenoxy) is 2. The topological polar surface area (TPSA) is 103 Å². The van der Waals surface area contributed by atoms with Gasteiger partial charge in [0, 0.05) is 11.8 Å². The van der Waals surface area contributed by atoms with Gasteiger partial charge < -0.3 is 28.9 Å². The van der Waals surface area contributed by atoms with Gasteiger partial charge in [-0.05, 0) is 30.3 Å². The lowest BCUT2D eigenvalue weighted by Crippen LogP contribution is -2.34. The van der Waals surface area contributed by atoms with Crippen LogP contribution in [-0.2, 0) is 16.1 Å². The van der Waals surface area contributed by atoms with Gasteiger partial charge >= 0.3 is 11.8 Å². The number of furan rings is 2. The summed E-state index contributed by atoms with van der Waals surface area (Å²) in [4.78, 5) is 23.9. The first kappa shape index (κ1) is 15.8. The normalized spacial score (nSPS) is 12.0. The molecule has 1 aliphatic rings. The third-order valence-electron chi connectivity index (χ3n) is 3.73. The Bertz CT molecular complexity index is 945. The van der Waals surface area contributed by atoms with E-state index in [0.717, 1.165) is 5.56 Å². The molecule has 3 aromatic rings. The quantitative estimate of drug-likeness (QED) is 0.698. The predicted octanol–water partition coefficient (Wildman–Crippen LogP) is 2.52. The van der Waals surface area contributed by atoms with Crippen molar-refractivity contribution in [3.63, 3.8) is 0 Å². The molecule has 1 aromatic carbocycles. The van der Waals surface area contributed by atoms with Gasteiger partial charge in [0.1, 0.15) is 17.8 Å². The summed E-state index contributed by atoms with van der Waals surface area (Å²) in [5.41, 5.74) is 1.23. The van der Waals surface area contributed by atoms with Crippen LogP contribution in [-0.4, -0.2) is 18.6 Å². The molecule has 2 amide bonds. The predicted molar refractivity (Wildman–Crippen MR) is 89.5 cm³/mol. The number of fused-ring (bicyclic) bond motifs is 1. The Balaban J connectivity index is 1.32. The lowest BCUT2D eigenvalue weighted by molar-refractivity contribution is -0.136. The van der Waals surface area contributed by atoms with Crippen LogP contribution < -0.4 is 20.1 Å². The number of nitrogens with one attached hydrogen (secondary N) is 2. The Labute approximate surface area is 147 Å². The molecule has 0 saturated heterocycles. The zero-order chi connectivity index (χ0) is 17.9. The first-order valence-electron chi connectivity index (χ1n) is 7.79. The Morgan fingerprint density at radius 2 is 1.88 bits per heavy atom. The smallest absolute Gasteiger partial charge is 0.313 e. The molecular weight excluding hydrogens is 340 g/mol. The molecule has 0 spiro atoms. The van der Waals surface area contributed by atoms with E-state index in [9.17, 15) is 9.59 Å². The largest absolute Gasteiger partial charge is 0.472 e. The van der Waals surface area contributed by atoms with Crippen molar-refractivity contribution in [3.05, 3.63) is 54.7 Å². The summed E-state index contributed by atoms with van der Waals surface area (Å²) >= 11 is 0. The Morgan fingerprint density at radius 1 is 1.00 bits per heavy atom. The monoisotopic (exact) mass is 354 g/mol. The van der Waals surface area contributed by atoms with Crippen LogP contribution in [0.2, 0.25) is 0 Å². The summed E-state index contributed by atoms with van der Waals surface area (Å²) in [7, 11) is 0. The lowest BCUT2D eigenvalue weighted by Gasteiger charge is -2.06. The molecule has 26 heavy (non-hydrogen) atoms. The van der Waals surface area contributed by atoms with Gasteiger partial charge in [-0.2, -0.15) is 0 Å². The summed E-state index contributed by atoms with van der Waals surface area (Å²) in [6.45, 7) is 0.225. The van der Waals surface area contributed by atoms with Crippen molar-refractivity contribution in [2.75, 3.05) is 12.1 Å².